The summed E-state index contributed by atoms with van der Waals surface area (Å²) in [6, 6.07) is 12.3. The Labute approximate surface area is 164 Å². The highest BCUT2D eigenvalue weighted by atomic mass is 32.2. The van der Waals surface area contributed by atoms with Crippen molar-refractivity contribution in [3.63, 3.8) is 0 Å². The lowest BCUT2D eigenvalue weighted by Gasteiger charge is -2.21. The van der Waals surface area contributed by atoms with Crippen LogP contribution in [0.4, 0.5) is 5.69 Å². The fraction of sp³-hybridized carbons (Fsp3) is 0.300. The molecule has 0 aromatic heterocycles. The molecule has 1 aliphatic rings. The third-order valence-corrected chi connectivity index (χ3v) is 6.26. The van der Waals surface area contributed by atoms with Crippen LogP contribution in [0.2, 0.25) is 0 Å². The molecule has 2 aromatic carbocycles. The highest BCUT2D eigenvalue weighted by molar-refractivity contribution is 7.89. The fourth-order valence-corrected chi connectivity index (χ4v) is 4.87. The summed E-state index contributed by atoms with van der Waals surface area (Å²) in [4.78, 5) is 24.8. The van der Waals surface area contributed by atoms with Gasteiger partial charge in [0.05, 0.1) is 17.4 Å². The largest absolute Gasteiger partial charge is 0.481 e. The monoisotopic (exact) mass is 402 g/mol. The van der Waals surface area contributed by atoms with Gasteiger partial charge < -0.3 is 10.0 Å². The fourth-order valence-electron chi connectivity index (χ4n) is 3.60. The summed E-state index contributed by atoms with van der Waals surface area (Å²) >= 11 is 0. The molecule has 0 fully saturated rings. The lowest BCUT2D eigenvalue weighted by Crippen LogP contribution is -2.33. The number of anilines is 1. The zero-order valence-corrected chi connectivity index (χ0v) is 16.4. The number of sulfonamides is 1. The number of carbonyl (C=O) groups is 2. The molecule has 0 radical (unpaired) electrons. The van der Waals surface area contributed by atoms with Gasteiger partial charge in [-0.25, -0.2) is 13.1 Å². The smallest absolute Gasteiger partial charge is 0.305 e. The van der Waals surface area contributed by atoms with E-state index in [1.165, 1.54) is 13.0 Å². The van der Waals surface area contributed by atoms with E-state index in [2.05, 4.69) is 4.72 Å². The minimum absolute atomic E-state index is 0.0394. The van der Waals surface area contributed by atoms with Gasteiger partial charge in [-0.15, -0.1) is 0 Å². The Balaban J connectivity index is 1.91. The van der Waals surface area contributed by atoms with Crippen molar-refractivity contribution in [3.8, 4) is 0 Å². The van der Waals surface area contributed by atoms with E-state index < -0.39 is 22.0 Å². The van der Waals surface area contributed by atoms with Gasteiger partial charge in [0.1, 0.15) is 0 Å². The van der Waals surface area contributed by atoms with Crippen LogP contribution in [0.3, 0.4) is 0 Å². The number of amides is 1. The maximum atomic E-state index is 12.9. The van der Waals surface area contributed by atoms with E-state index in [1.54, 1.807) is 47.4 Å². The van der Waals surface area contributed by atoms with Crippen LogP contribution in [0.1, 0.15) is 37.4 Å². The van der Waals surface area contributed by atoms with Gasteiger partial charge in [0.25, 0.3) is 0 Å². The first-order valence-corrected chi connectivity index (χ1v) is 10.4. The van der Waals surface area contributed by atoms with Crippen molar-refractivity contribution in [1.82, 2.24) is 4.72 Å². The van der Waals surface area contributed by atoms with Crippen molar-refractivity contribution in [2.45, 2.75) is 43.7 Å². The summed E-state index contributed by atoms with van der Waals surface area (Å²) in [5.41, 5.74) is 2.06. The molecule has 2 aromatic rings. The second-order valence-corrected chi connectivity index (χ2v) is 8.63. The van der Waals surface area contributed by atoms with Crippen LogP contribution < -0.4 is 9.62 Å². The van der Waals surface area contributed by atoms with Crippen molar-refractivity contribution in [3.05, 3.63) is 59.7 Å². The van der Waals surface area contributed by atoms with E-state index in [0.717, 1.165) is 5.56 Å². The van der Waals surface area contributed by atoms with Gasteiger partial charge >= 0.3 is 5.97 Å². The third kappa shape index (κ3) is 4.07. The molecule has 0 spiro atoms. The molecule has 0 aliphatic carbocycles. The maximum Gasteiger partial charge on any atom is 0.305 e. The topological polar surface area (TPSA) is 104 Å². The molecule has 28 heavy (non-hydrogen) atoms. The minimum Gasteiger partial charge on any atom is -0.481 e. The Bertz CT molecular complexity index is 1000. The van der Waals surface area contributed by atoms with Crippen LogP contribution in [0.15, 0.2) is 53.4 Å². The number of fused-ring (bicyclic) bond motifs is 1. The van der Waals surface area contributed by atoms with Crippen LogP contribution in [0, 0.1) is 0 Å². The highest BCUT2D eigenvalue weighted by Gasteiger charge is 2.31. The van der Waals surface area contributed by atoms with E-state index in [0.29, 0.717) is 17.7 Å². The van der Waals surface area contributed by atoms with Gasteiger partial charge in [0.15, 0.2) is 0 Å². The molecule has 148 valence electrons. The Morgan fingerprint density at radius 2 is 1.89 bits per heavy atom. The van der Waals surface area contributed by atoms with Crippen LogP contribution in [-0.2, 0) is 26.0 Å². The van der Waals surface area contributed by atoms with Gasteiger partial charge in [0.2, 0.25) is 15.9 Å². The molecule has 0 saturated carbocycles. The third-order valence-electron chi connectivity index (χ3n) is 4.79. The number of nitrogens with zero attached hydrogens (tertiary/aromatic N) is 1. The minimum atomic E-state index is -3.95. The van der Waals surface area contributed by atoms with Crippen molar-refractivity contribution < 1.29 is 23.1 Å². The first-order chi connectivity index (χ1) is 13.2. The Kier molecular flexibility index (Phi) is 5.53. The molecule has 1 amide bonds. The van der Waals surface area contributed by atoms with Gasteiger partial charge in [-0.1, -0.05) is 30.3 Å². The average molecular weight is 402 g/mol. The lowest BCUT2D eigenvalue weighted by molar-refractivity contribution is -0.137. The van der Waals surface area contributed by atoms with Gasteiger partial charge in [-0.2, -0.15) is 0 Å². The number of aliphatic carboxylic acids is 1. The number of rotatable bonds is 6. The van der Waals surface area contributed by atoms with E-state index >= 15 is 0 Å². The molecule has 0 saturated heterocycles. The normalized spacial score (nSPS) is 17.2. The molecule has 3 rings (SSSR count). The van der Waals surface area contributed by atoms with Crippen molar-refractivity contribution in [2.24, 2.45) is 0 Å². The Morgan fingerprint density at radius 1 is 1.21 bits per heavy atom. The first kappa shape index (κ1) is 20.0. The van der Waals surface area contributed by atoms with Gasteiger partial charge in [-0.3, -0.25) is 9.59 Å². The van der Waals surface area contributed by atoms with Crippen molar-refractivity contribution in [2.75, 3.05) is 4.90 Å². The second-order valence-electron chi connectivity index (χ2n) is 6.92. The summed E-state index contributed by atoms with van der Waals surface area (Å²) in [5, 5.41) is 9.18. The SMILES string of the molecule is CC(=O)N1c2ccc(S(=O)(=O)NC(CC(=O)O)c3ccccc3)cc2CC1C. The summed E-state index contributed by atoms with van der Waals surface area (Å²) in [6.07, 6.45) is 0.193. The molecule has 8 heteroatoms. The molecule has 7 nitrogen and oxygen atoms in total. The summed E-state index contributed by atoms with van der Waals surface area (Å²) < 4.78 is 28.3. The molecule has 0 bridgehead atoms. The predicted octanol–water partition coefficient (Wildman–Crippen LogP) is 2.48. The summed E-state index contributed by atoms with van der Waals surface area (Å²) in [5.74, 6) is -1.19. The number of carboxylic acids is 1. The van der Waals surface area contributed by atoms with Crippen LogP contribution in [0.5, 0.6) is 0 Å². The van der Waals surface area contributed by atoms with E-state index in [-0.39, 0.29) is 23.3 Å². The van der Waals surface area contributed by atoms with Crippen molar-refractivity contribution in [1.29, 1.82) is 0 Å². The quantitative estimate of drug-likeness (QED) is 0.773. The molecule has 2 unspecified atom stereocenters. The van der Waals surface area contributed by atoms with E-state index in [4.69, 9.17) is 0 Å². The Morgan fingerprint density at radius 3 is 2.50 bits per heavy atom. The number of nitrogens with one attached hydrogen (secondary N) is 1. The molecular weight excluding hydrogens is 380 g/mol. The number of hydrogen-bond donors (Lipinski definition) is 2. The average Bonchev–Trinajstić information content (AvgIpc) is 2.96. The number of hydrogen-bond acceptors (Lipinski definition) is 4. The van der Waals surface area contributed by atoms with Crippen LogP contribution in [-0.4, -0.2) is 31.4 Å². The van der Waals surface area contributed by atoms with Crippen LogP contribution >= 0.6 is 0 Å². The second kappa shape index (κ2) is 7.73. The summed E-state index contributed by atoms with van der Waals surface area (Å²) in [7, 11) is -3.95. The highest BCUT2D eigenvalue weighted by Crippen LogP contribution is 2.34. The van der Waals surface area contributed by atoms with Gasteiger partial charge in [0, 0.05) is 18.7 Å². The molecule has 2 N–H and O–H groups in total. The standard InChI is InChI=1S/C20H22N2O5S/c1-13-10-16-11-17(8-9-19(16)22(13)14(2)23)28(26,27)21-18(12-20(24)25)15-6-4-3-5-7-15/h3-9,11,13,18,21H,10,12H2,1-2H3,(H,24,25). The lowest BCUT2D eigenvalue weighted by atomic mass is 10.1. The number of carboxylic acid groups (broad SMARTS) is 1. The molecular formula is C20H22N2O5S. The molecule has 1 aliphatic heterocycles. The predicted molar refractivity (Wildman–Crippen MR) is 105 cm³/mol. The number of benzene rings is 2. The zero-order chi connectivity index (χ0) is 20.5. The van der Waals surface area contributed by atoms with Crippen molar-refractivity contribution >= 4 is 27.6 Å². The summed E-state index contributed by atoms with van der Waals surface area (Å²) in [6.45, 7) is 3.39. The maximum absolute atomic E-state index is 12.9. The molecule has 1 heterocycles. The van der Waals surface area contributed by atoms with E-state index in [1.807, 2.05) is 6.92 Å². The van der Waals surface area contributed by atoms with Gasteiger partial charge in [-0.05, 0) is 42.7 Å². The first-order valence-electron chi connectivity index (χ1n) is 8.91. The zero-order valence-electron chi connectivity index (χ0n) is 15.6. The molecule has 2 atom stereocenters. The Hall–Kier alpha value is -2.71. The number of carbonyl (C=O) groups excluding carboxylic acids is 1. The van der Waals surface area contributed by atoms with E-state index in [9.17, 15) is 23.1 Å². The van der Waals surface area contributed by atoms with Crippen LogP contribution in [0.25, 0.3) is 0 Å².